The molecule has 1 amide bonds. The summed E-state index contributed by atoms with van der Waals surface area (Å²) in [6.45, 7) is 0. The molecule has 0 radical (unpaired) electrons. The van der Waals surface area contributed by atoms with E-state index in [1.54, 1.807) is 30.3 Å². The van der Waals surface area contributed by atoms with Crippen molar-refractivity contribution < 1.29 is 18.7 Å². The molecule has 5 nitrogen and oxygen atoms in total. The number of hydrogen-bond donors (Lipinski definition) is 2. The van der Waals surface area contributed by atoms with Gasteiger partial charge in [-0.2, -0.15) is 13.9 Å². The lowest BCUT2D eigenvalue weighted by atomic mass is 10.2. The van der Waals surface area contributed by atoms with Crippen LogP contribution in [0, 0.1) is 0 Å². The number of halogens is 3. The molecule has 0 saturated heterocycles. The summed E-state index contributed by atoms with van der Waals surface area (Å²) in [6.07, 6.45) is -1.54. The summed E-state index contributed by atoms with van der Waals surface area (Å²) in [5, 5.41) is 11.9. The molecule has 1 aliphatic rings. The van der Waals surface area contributed by atoms with Crippen LogP contribution >= 0.6 is 23.4 Å². The molecule has 1 aromatic rings. The van der Waals surface area contributed by atoms with Crippen molar-refractivity contribution >= 4 is 40.0 Å². The molecule has 1 aromatic carbocycles. The number of benzene rings is 1. The van der Waals surface area contributed by atoms with Crippen LogP contribution in [0.5, 0.6) is 0 Å². The van der Waals surface area contributed by atoms with Gasteiger partial charge in [0.15, 0.2) is 11.1 Å². The molecular weight excluding hydrogens is 324 g/mol. The number of anilines is 1. The van der Waals surface area contributed by atoms with Crippen molar-refractivity contribution in [2.45, 2.75) is 16.9 Å². The van der Waals surface area contributed by atoms with E-state index in [0.29, 0.717) is 17.4 Å². The summed E-state index contributed by atoms with van der Waals surface area (Å²) in [7, 11) is 1.38. The molecular formula is C12H12ClF2N3O2S. The number of aliphatic hydroxyl groups excluding tert-OH is 1. The summed E-state index contributed by atoms with van der Waals surface area (Å²) < 4.78 is 26.0. The molecule has 0 spiro atoms. The third-order valence-corrected chi connectivity index (χ3v) is 4.33. The molecule has 114 valence electrons. The Balaban J connectivity index is 2.01. The number of nitrogens with zero attached hydrogens (tertiary/aromatic N) is 2. The minimum absolute atomic E-state index is 0.496. The molecule has 2 N–H and O–H groups in total. The van der Waals surface area contributed by atoms with E-state index < -0.39 is 27.8 Å². The maximum absolute atomic E-state index is 13.0. The summed E-state index contributed by atoms with van der Waals surface area (Å²) in [5.41, 5.74) is 0.496. The molecule has 2 unspecified atom stereocenters. The number of thioether (sulfide) groups is 1. The number of alkyl halides is 3. The fraction of sp³-hybridized carbons (Fsp3) is 0.333. The SMILES string of the molecule is CN1N=C(C(F)(F)Cl)SC1C(O)C(=O)Nc1ccccc1. The van der Waals surface area contributed by atoms with Crippen LogP contribution in [-0.2, 0) is 4.79 Å². The first-order valence-electron chi connectivity index (χ1n) is 5.88. The molecule has 0 aliphatic carbocycles. The highest BCUT2D eigenvalue weighted by atomic mass is 35.5. The first kappa shape index (κ1) is 16.0. The van der Waals surface area contributed by atoms with E-state index in [-0.39, 0.29) is 0 Å². The molecule has 1 heterocycles. The standard InChI is InChI=1S/C12H12ClF2N3O2S/c1-18-10(21-11(17-18)12(13,14)15)8(19)9(20)16-7-5-3-2-4-6-7/h2-6,8,10,19H,1H3,(H,16,20). The predicted molar refractivity (Wildman–Crippen MR) is 78.5 cm³/mol. The van der Waals surface area contributed by atoms with Gasteiger partial charge in [0, 0.05) is 12.7 Å². The second-order valence-corrected chi connectivity index (χ2v) is 5.87. The second kappa shape index (κ2) is 6.17. The summed E-state index contributed by atoms with van der Waals surface area (Å²) >= 11 is 5.45. The Kier molecular flexibility index (Phi) is 4.70. The number of nitrogens with one attached hydrogen (secondary N) is 1. The van der Waals surface area contributed by atoms with Crippen LogP contribution in [-0.4, -0.2) is 45.0 Å². The normalized spacial score (nSPS) is 20.1. The molecule has 2 rings (SSSR count). The van der Waals surface area contributed by atoms with Gasteiger partial charge in [0.25, 0.3) is 5.91 Å². The van der Waals surface area contributed by atoms with Crippen molar-refractivity contribution in [1.82, 2.24) is 5.01 Å². The zero-order valence-corrected chi connectivity index (χ0v) is 12.4. The lowest BCUT2D eigenvalue weighted by molar-refractivity contribution is -0.125. The smallest absolute Gasteiger partial charge is 0.372 e. The maximum atomic E-state index is 13.0. The van der Waals surface area contributed by atoms with Crippen LogP contribution in [0.1, 0.15) is 0 Å². The van der Waals surface area contributed by atoms with Gasteiger partial charge in [0.05, 0.1) is 0 Å². The maximum Gasteiger partial charge on any atom is 0.372 e. The average molecular weight is 336 g/mol. The van der Waals surface area contributed by atoms with Gasteiger partial charge in [-0.15, -0.1) is 0 Å². The first-order chi connectivity index (χ1) is 9.79. The van der Waals surface area contributed by atoms with Crippen molar-refractivity contribution in [3.05, 3.63) is 30.3 Å². The lowest BCUT2D eigenvalue weighted by Gasteiger charge is -2.22. The minimum atomic E-state index is -3.62. The highest BCUT2D eigenvalue weighted by Gasteiger charge is 2.44. The van der Waals surface area contributed by atoms with Crippen LogP contribution in [0.3, 0.4) is 0 Å². The van der Waals surface area contributed by atoms with E-state index in [0.717, 1.165) is 5.01 Å². The number of rotatable bonds is 4. The fourth-order valence-electron chi connectivity index (χ4n) is 1.67. The van der Waals surface area contributed by atoms with E-state index in [4.69, 9.17) is 11.6 Å². The second-order valence-electron chi connectivity index (χ2n) is 4.29. The van der Waals surface area contributed by atoms with Crippen LogP contribution < -0.4 is 5.32 Å². The van der Waals surface area contributed by atoms with Crippen LogP contribution in [0.15, 0.2) is 35.4 Å². The monoisotopic (exact) mass is 335 g/mol. The van der Waals surface area contributed by atoms with Crippen molar-refractivity contribution in [2.75, 3.05) is 12.4 Å². The van der Waals surface area contributed by atoms with Gasteiger partial charge in [-0.25, -0.2) is 0 Å². The average Bonchev–Trinajstić information content (AvgIpc) is 2.81. The van der Waals surface area contributed by atoms with Gasteiger partial charge in [-0.05, 0) is 23.7 Å². The van der Waals surface area contributed by atoms with E-state index in [1.165, 1.54) is 7.05 Å². The molecule has 1 aliphatic heterocycles. The third kappa shape index (κ3) is 3.84. The number of hydrazone groups is 1. The highest BCUT2D eigenvalue weighted by Crippen LogP contribution is 2.37. The quantitative estimate of drug-likeness (QED) is 0.827. The van der Waals surface area contributed by atoms with Crippen LogP contribution in [0.25, 0.3) is 0 Å². The Bertz CT molecular complexity index is 553. The number of carbonyl (C=O) groups excluding carboxylic acids is 1. The van der Waals surface area contributed by atoms with E-state index in [9.17, 15) is 18.7 Å². The highest BCUT2D eigenvalue weighted by molar-refractivity contribution is 8.15. The molecule has 0 saturated carbocycles. The summed E-state index contributed by atoms with van der Waals surface area (Å²) in [6, 6.07) is 8.49. The number of amides is 1. The van der Waals surface area contributed by atoms with E-state index in [1.807, 2.05) is 0 Å². The van der Waals surface area contributed by atoms with E-state index >= 15 is 0 Å². The lowest BCUT2D eigenvalue weighted by Crippen LogP contribution is -2.42. The minimum Gasteiger partial charge on any atom is -0.380 e. The summed E-state index contributed by atoms with van der Waals surface area (Å²) in [5.74, 6) is -0.708. The molecule has 0 fully saturated rings. The molecule has 2 atom stereocenters. The van der Waals surface area contributed by atoms with Gasteiger partial charge in [-0.3, -0.25) is 9.80 Å². The van der Waals surface area contributed by atoms with E-state index in [2.05, 4.69) is 10.4 Å². The number of hydrogen-bond acceptors (Lipinski definition) is 5. The van der Waals surface area contributed by atoms with Crippen LogP contribution in [0.2, 0.25) is 0 Å². The summed E-state index contributed by atoms with van der Waals surface area (Å²) in [4.78, 5) is 11.9. The predicted octanol–water partition coefficient (Wildman–Crippen LogP) is 2.14. The van der Waals surface area contributed by atoms with Crippen LogP contribution in [0.4, 0.5) is 14.5 Å². The van der Waals surface area contributed by atoms with Gasteiger partial charge in [-0.1, -0.05) is 30.0 Å². The zero-order valence-electron chi connectivity index (χ0n) is 10.8. The van der Waals surface area contributed by atoms with Gasteiger partial charge in [0.1, 0.15) is 5.37 Å². The molecule has 21 heavy (non-hydrogen) atoms. The number of likely N-dealkylation sites (N-methyl/N-ethyl adjacent to an activating group) is 1. The van der Waals surface area contributed by atoms with Crippen molar-refractivity contribution in [3.63, 3.8) is 0 Å². The topological polar surface area (TPSA) is 64.9 Å². The largest absolute Gasteiger partial charge is 0.380 e. The third-order valence-electron chi connectivity index (χ3n) is 2.67. The fourth-order valence-corrected chi connectivity index (χ4v) is 2.84. The van der Waals surface area contributed by atoms with Gasteiger partial charge >= 0.3 is 5.38 Å². The van der Waals surface area contributed by atoms with Crippen molar-refractivity contribution in [3.8, 4) is 0 Å². The molecule has 0 aromatic heterocycles. The Morgan fingerprint density at radius 3 is 2.67 bits per heavy atom. The zero-order chi connectivity index (χ0) is 15.6. The Labute approximate surface area is 129 Å². The Morgan fingerprint density at radius 2 is 2.14 bits per heavy atom. The molecule has 9 heteroatoms. The Morgan fingerprint density at radius 1 is 1.52 bits per heavy atom. The first-order valence-corrected chi connectivity index (χ1v) is 7.14. The van der Waals surface area contributed by atoms with Gasteiger partial charge < -0.3 is 10.4 Å². The number of para-hydroxylation sites is 1. The molecule has 0 bridgehead atoms. The number of aliphatic hydroxyl groups is 1. The number of carbonyl (C=O) groups is 1. The Hall–Kier alpha value is -1.38. The van der Waals surface area contributed by atoms with Gasteiger partial charge in [0.2, 0.25) is 0 Å². The van der Waals surface area contributed by atoms with Crippen molar-refractivity contribution in [1.29, 1.82) is 0 Å². The van der Waals surface area contributed by atoms with Crippen molar-refractivity contribution in [2.24, 2.45) is 5.10 Å².